The highest BCUT2D eigenvalue weighted by atomic mass is 32.1. The molecular weight excluding hydrogens is 261 g/mol. The van der Waals surface area contributed by atoms with Gasteiger partial charge >= 0.3 is 0 Å². The van der Waals surface area contributed by atoms with E-state index in [0.29, 0.717) is 6.54 Å². The molecule has 0 aliphatic heterocycles. The number of fused-ring (bicyclic) bond motifs is 1. The molecule has 3 rings (SSSR count). The van der Waals surface area contributed by atoms with Crippen LogP contribution in [0.3, 0.4) is 0 Å². The molecule has 0 radical (unpaired) electrons. The number of nitrogens with two attached hydrogens (primary N) is 1. The average Bonchev–Trinajstić information content (AvgIpc) is 3.03. The zero-order valence-corrected chi connectivity index (χ0v) is 11.2. The summed E-state index contributed by atoms with van der Waals surface area (Å²) in [6, 6.07) is 7.18. The zero-order chi connectivity index (χ0) is 13.2. The zero-order valence-electron chi connectivity index (χ0n) is 10.3. The Morgan fingerprint density at radius 2 is 2.21 bits per heavy atom. The van der Waals surface area contributed by atoms with Crippen molar-refractivity contribution in [3.8, 4) is 10.6 Å². The molecule has 19 heavy (non-hydrogen) atoms. The number of rotatable bonds is 4. The number of aromatic nitrogens is 2. The summed E-state index contributed by atoms with van der Waals surface area (Å²) in [6.07, 6.45) is 3.16. The van der Waals surface area contributed by atoms with Crippen molar-refractivity contribution in [2.75, 3.05) is 6.54 Å². The molecule has 3 nitrogen and oxygen atoms in total. The van der Waals surface area contributed by atoms with Gasteiger partial charge in [0.2, 0.25) is 0 Å². The summed E-state index contributed by atoms with van der Waals surface area (Å²) >= 11 is 1.64. The molecule has 3 aromatic rings. The van der Waals surface area contributed by atoms with E-state index in [4.69, 9.17) is 5.73 Å². The van der Waals surface area contributed by atoms with E-state index >= 15 is 0 Å². The van der Waals surface area contributed by atoms with E-state index in [1.807, 2.05) is 21.9 Å². The highest BCUT2D eigenvalue weighted by molar-refractivity contribution is 7.13. The van der Waals surface area contributed by atoms with E-state index in [2.05, 4.69) is 4.98 Å². The van der Waals surface area contributed by atoms with Crippen LogP contribution >= 0.6 is 11.3 Å². The quantitative estimate of drug-likeness (QED) is 0.795. The van der Waals surface area contributed by atoms with Crippen LogP contribution in [0.25, 0.3) is 16.2 Å². The lowest BCUT2D eigenvalue weighted by atomic mass is 10.2. The molecule has 0 saturated heterocycles. The molecule has 98 valence electrons. The molecule has 0 saturated carbocycles. The third-order valence-corrected chi connectivity index (χ3v) is 3.93. The van der Waals surface area contributed by atoms with E-state index in [1.54, 1.807) is 17.4 Å². The summed E-state index contributed by atoms with van der Waals surface area (Å²) in [5.41, 5.74) is 8.33. The first-order valence-electron chi connectivity index (χ1n) is 6.20. The highest BCUT2D eigenvalue weighted by Crippen LogP contribution is 2.29. The average molecular weight is 275 g/mol. The van der Waals surface area contributed by atoms with Crippen LogP contribution in [0.2, 0.25) is 0 Å². The van der Waals surface area contributed by atoms with Crippen LogP contribution in [-0.4, -0.2) is 15.9 Å². The normalized spacial score (nSPS) is 11.3. The fourth-order valence-electron chi connectivity index (χ4n) is 2.19. The van der Waals surface area contributed by atoms with Gasteiger partial charge in [-0.05, 0) is 43.0 Å². The van der Waals surface area contributed by atoms with E-state index in [9.17, 15) is 4.39 Å². The van der Waals surface area contributed by atoms with E-state index < -0.39 is 0 Å². The molecule has 0 aromatic carbocycles. The topological polar surface area (TPSA) is 43.3 Å². The first-order valence-corrected chi connectivity index (χ1v) is 7.08. The standard InChI is InChI=1S/C14H14FN3S/c15-10-5-6-13-17-14(12-4-2-8-19-12)11(3-1-7-16)18(13)9-10/h2,4-6,8-9H,1,3,7,16H2. The summed E-state index contributed by atoms with van der Waals surface area (Å²) in [5.74, 6) is -0.253. The van der Waals surface area contributed by atoms with Crippen molar-refractivity contribution >= 4 is 17.0 Å². The van der Waals surface area contributed by atoms with Crippen molar-refractivity contribution in [3.63, 3.8) is 0 Å². The number of nitrogens with zero attached hydrogens (tertiary/aromatic N) is 2. The van der Waals surface area contributed by atoms with Gasteiger partial charge in [-0.3, -0.25) is 0 Å². The highest BCUT2D eigenvalue weighted by Gasteiger charge is 2.14. The molecule has 3 heterocycles. The van der Waals surface area contributed by atoms with Crippen LogP contribution in [0.1, 0.15) is 12.1 Å². The fraction of sp³-hybridized carbons (Fsp3) is 0.214. The number of thiophene rings is 1. The fourth-order valence-corrected chi connectivity index (χ4v) is 2.92. The maximum Gasteiger partial charge on any atom is 0.139 e. The summed E-state index contributed by atoms with van der Waals surface area (Å²) < 4.78 is 15.3. The van der Waals surface area contributed by atoms with Gasteiger partial charge in [-0.2, -0.15) is 0 Å². The monoisotopic (exact) mass is 275 g/mol. The molecule has 2 N–H and O–H groups in total. The van der Waals surface area contributed by atoms with Crippen molar-refractivity contribution in [2.45, 2.75) is 12.8 Å². The number of hydrogen-bond acceptors (Lipinski definition) is 3. The second kappa shape index (κ2) is 5.11. The van der Waals surface area contributed by atoms with Gasteiger partial charge in [-0.1, -0.05) is 6.07 Å². The van der Waals surface area contributed by atoms with Gasteiger partial charge in [-0.15, -0.1) is 11.3 Å². The van der Waals surface area contributed by atoms with E-state index in [1.165, 1.54) is 12.3 Å². The summed E-state index contributed by atoms with van der Waals surface area (Å²) in [4.78, 5) is 5.72. The van der Waals surface area contributed by atoms with Gasteiger partial charge in [-0.25, -0.2) is 9.37 Å². The molecule has 0 fully saturated rings. The van der Waals surface area contributed by atoms with Crippen molar-refractivity contribution in [3.05, 3.63) is 47.4 Å². The molecule has 5 heteroatoms. The third kappa shape index (κ3) is 2.27. The lowest BCUT2D eigenvalue weighted by Gasteiger charge is -2.03. The summed E-state index contributed by atoms with van der Waals surface area (Å²) in [7, 11) is 0. The molecule has 0 aliphatic carbocycles. The number of halogens is 1. The smallest absolute Gasteiger partial charge is 0.139 e. The molecule has 0 aliphatic rings. The lowest BCUT2D eigenvalue weighted by Crippen LogP contribution is -2.03. The number of aryl methyl sites for hydroxylation is 1. The molecule has 0 atom stereocenters. The Hall–Kier alpha value is -1.72. The van der Waals surface area contributed by atoms with Crippen LogP contribution in [-0.2, 0) is 6.42 Å². The lowest BCUT2D eigenvalue weighted by molar-refractivity contribution is 0.617. The van der Waals surface area contributed by atoms with Gasteiger partial charge in [0.1, 0.15) is 17.2 Å². The van der Waals surface area contributed by atoms with Gasteiger partial charge < -0.3 is 10.1 Å². The van der Waals surface area contributed by atoms with Crippen LogP contribution in [0.15, 0.2) is 35.8 Å². The molecule has 0 spiro atoms. The first kappa shape index (κ1) is 12.3. The van der Waals surface area contributed by atoms with E-state index in [-0.39, 0.29) is 5.82 Å². The Morgan fingerprint density at radius 3 is 2.95 bits per heavy atom. The molecule has 0 amide bonds. The number of hydrogen-bond donors (Lipinski definition) is 1. The predicted octanol–water partition coefficient (Wildman–Crippen LogP) is 3.09. The van der Waals surface area contributed by atoms with Gasteiger partial charge in [0.25, 0.3) is 0 Å². The van der Waals surface area contributed by atoms with Crippen molar-refractivity contribution in [2.24, 2.45) is 5.73 Å². The van der Waals surface area contributed by atoms with Crippen molar-refractivity contribution < 1.29 is 4.39 Å². The number of pyridine rings is 1. The van der Waals surface area contributed by atoms with Gasteiger partial charge in [0, 0.05) is 6.20 Å². The van der Waals surface area contributed by atoms with Crippen LogP contribution in [0, 0.1) is 5.82 Å². The Labute approximate surface area is 114 Å². The molecule has 0 bridgehead atoms. The maximum atomic E-state index is 13.4. The largest absolute Gasteiger partial charge is 0.330 e. The Bertz CT molecular complexity index is 688. The predicted molar refractivity (Wildman–Crippen MR) is 75.8 cm³/mol. The SMILES string of the molecule is NCCCc1c(-c2cccs2)nc2ccc(F)cn12. The van der Waals surface area contributed by atoms with Gasteiger partial charge in [0.15, 0.2) is 0 Å². The first-order chi connectivity index (χ1) is 9.29. The van der Waals surface area contributed by atoms with E-state index in [0.717, 1.165) is 34.8 Å². The second-order valence-electron chi connectivity index (χ2n) is 4.35. The van der Waals surface area contributed by atoms with Crippen LogP contribution in [0.5, 0.6) is 0 Å². The van der Waals surface area contributed by atoms with Gasteiger partial charge in [0.05, 0.1) is 10.6 Å². The summed E-state index contributed by atoms with van der Waals surface area (Å²) in [5, 5.41) is 2.02. The van der Waals surface area contributed by atoms with Crippen molar-refractivity contribution in [1.82, 2.24) is 9.38 Å². The minimum Gasteiger partial charge on any atom is -0.330 e. The minimum atomic E-state index is -0.253. The third-order valence-electron chi connectivity index (χ3n) is 3.05. The van der Waals surface area contributed by atoms with Crippen molar-refractivity contribution in [1.29, 1.82) is 0 Å². The molecule has 0 unspecified atom stereocenters. The second-order valence-corrected chi connectivity index (χ2v) is 5.30. The van der Waals surface area contributed by atoms with Crippen LogP contribution < -0.4 is 5.73 Å². The minimum absolute atomic E-state index is 0.253. The summed E-state index contributed by atoms with van der Waals surface area (Å²) in [6.45, 7) is 0.617. The maximum absolute atomic E-state index is 13.4. The Kier molecular flexibility index (Phi) is 3.31. The Balaban J connectivity index is 2.19. The molecular formula is C14H14FN3S. The van der Waals surface area contributed by atoms with Crippen LogP contribution in [0.4, 0.5) is 4.39 Å². The molecule has 3 aromatic heterocycles. The number of imidazole rings is 1. The Morgan fingerprint density at radius 1 is 1.32 bits per heavy atom.